The quantitative estimate of drug-likeness (QED) is 0.518. The Balaban J connectivity index is 2.45. The van der Waals surface area contributed by atoms with Gasteiger partial charge in [-0.3, -0.25) is 4.79 Å². The van der Waals surface area contributed by atoms with Crippen molar-refractivity contribution in [2.75, 3.05) is 6.54 Å². The summed E-state index contributed by atoms with van der Waals surface area (Å²) in [7, 11) is 0. The maximum Gasteiger partial charge on any atom is 0.320 e. The summed E-state index contributed by atoms with van der Waals surface area (Å²) >= 11 is 0. The molecule has 2 N–H and O–H groups in total. The number of nitrogens with zero attached hydrogens (tertiary/aromatic N) is 1. The van der Waals surface area contributed by atoms with E-state index < -0.39 is 12.0 Å². The van der Waals surface area contributed by atoms with Crippen LogP contribution in [0.2, 0.25) is 0 Å². The molecule has 0 unspecified atom stereocenters. The first-order valence-corrected chi connectivity index (χ1v) is 3.10. The first-order chi connectivity index (χ1) is 4.74. The van der Waals surface area contributed by atoms with E-state index in [-0.39, 0.29) is 5.92 Å². The number of carboxylic acid groups (broad SMARTS) is 1. The molecule has 0 aromatic heterocycles. The largest absolute Gasteiger partial charge is 0.480 e. The molecule has 0 aromatic rings. The predicted molar refractivity (Wildman–Crippen MR) is 33.1 cm³/mol. The Labute approximate surface area is 58.5 Å². The average molecular weight is 140 g/mol. The maximum absolute atomic E-state index is 10.3. The molecular formula is C6H8N2O2. The van der Waals surface area contributed by atoms with E-state index in [9.17, 15) is 4.79 Å². The van der Waals surface area contributed by atoms with Crippen molar-refractivity contribution in [3.63, 3.8) is 0 Å². The number of nitriles is 1. The van der Waals surface area contributed by atoms with E-state index >= 15 is 0 Å². The molecule has 1 rings (SSSR count). The van der Waals surface area contributed by atoms with Gasteiger partial charge in [0, 0.05) is 6.54 Å². The molecule has 1 aliphatic heterocycles. The fourth-order valence-corrected chi connectivity index (χ4v) is 1.02. The second kappa shape index (κ2) is 2.67. The van der Waals surface area contributed by atoms with Crippen LogP contribution in [0.15, 0.2) is 0 Å². The van der Waals surface area contributed by atoms with Crippen LogP contribution in [0.1, 0.15) is 6.42 Å². The summed E-state index contributed by atoms with van der Waals surface area (Å²) in [5.74, 6) is -0.987. The second-order valence-electron chi connectivity index (χ2n) is 2.36. The summed E-state index contributed by atoms with van der Waals surface area (Å²) in [6, 6.07) is 1.51. The van der Waals surface area contributed by atoms with Gasteiger partial charge < -0.3 is 10.4 Å². The summed E-state index contributed by atoms with van der Waals surface area (Å²) < 4.78 is 0. The smallest absolute Gasteiger partial charge is 0.320 e. The lowest BCUT2D eigenvalue weighted by Gasteiger charge is -1.99. The zero-order valence-electron chi connectivity index (χ0n) is 5.37. The van der Waals surface area contributed by atoms with Crippen molar-refractivity contribution >= 4 is 5.97 Å². The van der Waals surface area contributed by atoms with E-state index in [2.05, 4.69) is 5.32 Å². The van der Waals surface area contributed by atoms with Crippen molar-refractivity contribution in [2.24, 2.45) is 5.92 Å². The van der Waals surface area contributed by atoms with Crippen molar-refractivity contribution in [3.8, 4) is 6.07 Å². The lowest BCUT2D eigenvalue weighted by atomic mass is 10.1. The van der Waals surface area contributed by atoms with Crippen LogP contribution in [0.5, 0.6) is 0 Å². The number of hydrogen-bond donors (Lipinski definition) is 2. The Kier molecular flexibility index (Phi) is 1.88. The Morgan fingerprint density at radius 1 is 1.80 bits per heavy atom. The maximum atomic E-state index is 10.3. The van der Waals surface area contributed by atoms with Crippen molar-refractivity contribution in [2.45, 2.75) is 12.5 Å². The van der Waals surface area contributed by atoms with Gasteiger partial charge in [0.05, 0.1) is 12.0 Å². The van der Waals surface area contributed by atoms with Crippen molar-refractivity contribution < 1.29 is 9.90 Å². The molecule has 0 amide bonds. The Morgan fingerprint density at radius 3 is 2.80 bits per heavy atom. The fraction of sp³-hybridized carbons (Fsp3) is 0.667. The second-order valence-corrected chi connectivity index (χ2v) is 2.36. The molecule has 54 valence electrons. The molecule has 1 fully saturated rings. The SMILES string of the molecule is N#C[C@@H]1CN[C@@H](C(=O)O)C1. The average Bonchev–Trinajstić information content (AvgIpc) is 2.34. The third-order valence-corrected chi connectivity index (χ3v) is 1.61. The molecule has 0 aromatic carbocycles. The lowest BCUT2D eigenvalue weighted by Crippen LogP contribution is -2.29. The van der Waals surface area contributed by atoms with Crippen LogP contribution in [0, 0.1) is 17.2 Å². The highest BCUT2D eigenvalue weighted by molar-refractivity contribution is 5.73. The third kappa shape index (κ3) is 1.25. The predicted octanol–water partition coefficient (Wildman–Crippen LogP) is -0.427. The van der Waals surface area contributed by atoms with E-state index in [4.69, 9.17) is 10.4 Å². The van der Waals surface area contributed by atoms with E-state index in [0.29, 0.717) is 13.0 Å². The lowest BCUT2D eigenvalue weighted by molar-refractivity contribution is -0.139. The monoisotopic (exact) mass is 140 g/mol. The minimum Gasteiger partial charge on any atom is -0.480 e. The molecule has 0 spiro atoms. The minimum absolute atomic E-state index is 0.124. The highest BCUT2D eigenvalue weighted by Gasteiger charge is 2.28. The van der Waals surface area contributed by atoms with Crippen molar-refractivity contribution in [1.29, 1.82) is 5.26 Å². The molecule has 1 heterocycles. The van der Waals surface area contributed by atoms with E-state index in [0.717, 1.165) is 0 Å². The van der Waals surface area contributed by atoms with Gasteiger partial charge in [-0.15, -0.1) is 0 Å². The summed E-state index contributed by atoms with van der Waals surface area (Å²) in [5.41, 5.74) is 0. The molecule has 0 saturated carbocycles. The normalized spacial score (nSPS) is 31.5. The number of hydrogen-bond acceptors (Lipinski definition) is 3. The molecule has 1 aliphatic rings. The standard InChI is InChI=1S/C6H8N2O2/c7-2-4-1-5(6(9)10)8-3-4/h4-5,8H,1,3H2,(H,9,10)/t4-,5-/m1/s1. The van der Waals surface area contributed by atoms with Crippen LogP contribution in [0.3, 0.4) is 0 Å². The number of rotatable bonds is 1. The van der Waals surface area contributed by atoms with Gasteiger partial charge in [-0.2, -0.15) is 5.26 Å². The minimum atomic E-state index is -0.863. The van der Waals surface area contributed by atoms with Crippen LogP contribution in [-0.4, -0.2) is 23.7 Å². The van der Waals surface area contributed by atoms with Crippen LogP contribution < -0.4 is 5.32 Å². The Bertz CT molecular complexity index is 185. The molecule has 4 heteroatoms. The highest BCUT2D eigenvalue weighted by atomic mass is 16.4. The molecule has 0 radical (unpaired) electrons. The number of carboxylic acids is 1. The first-order valence-electron chi connectivity index (χ1n) is 3.10. The van der Waals surface area contributed by atoms with E-state index in [1.165, 1.54) is 0 Å². The van der Waals surface area contributed by atoms with Gasteiger partial charge in [-0.1, -0.05) is 0 Å². The van der Waals surface area contributed by atoms with Gasteiger partial charge in [0.25, 0.3) is 0 Å². The van der Waals surface area contributed by atoms with Gasteiger partial charge in [0.1, 0.15) is 6.04 Å². The van der Waals surface area contributed by atoms with Crippen molar-refractivity contribution in [3.05, 3.63) is 0 Å². The van der Waals surface area contributed by atoms with Crippen molar-refractivity contribution in [1.82, 2.24) is 5.32 Å². The summed E-state index contributed by atoms with van der Waals surface area (Å²) in [6.45, 7) is 0.507. The highest BCUT2D eigenvalue weighted by Crippen LogP contribution is 2.12. The molecule has 10 heavy (non-hydrogen) atoms. The van der Waals surface area contributed by atoms with Gasteiger partial charge in [0.15, 0.2) is 0 Å². The molecule has 0 bridgehead atoms. The Morgan fingerprint density at radius 2 is 2.50 bits per heavy atom. The van der Waals surface area contributed by atoms with E-state index in [1.54, 1.807) is 0 Å². The van der Waals surface area contributed by atoms with Gasteiger partial charge >= 0.3 is 5.97 Å². The molecule has 4 nitrogen and oxygen atoms in total. The van der Waals surface area contributed by atoms with E-state index in [1.807, 2.05) is 6.07 Å². The molecule has 0 aliphatic carbocycles. The van der Waals surface area contributed by atoms with Gasteiger partial charge in [-0.05, 0) is 6.42 Å². The number of carbonyl (C=O) groups is 1. The first kappa shape index (κ1) is 7.03. The Hall–Kier alpha value is -1.08. The van der Waals surface area contributed by atoms with Crippen LogP contribution in [0.25, 0.3) is 0 Å². The summed E-state index contributed by atoms with van der Waals surface area (Å²) in [5, 5.41) is 19.6. The topological polar surface area (TPSA) is 73.1 Å². The van der Waals surface area contributed by atoms with Gasteiger partial charge in [0.2, 0.25) is 0 Å². The number of nitrogens with one attached hydrogen (secondary N) is 1. The van der Waals surface area contributed by atoms with Crippen LogP contribution in [0.4, 0.5) is 0 Å². The van der Waals surface area contributed by atoms with Crippen LogP contribution >= 0.6 is 0 Å². The van der Waals surface area contributed by atoms with Crippen LogP contribution in [-0.2, 0) is 4.79 Å². The zero-order chi connectivity index (χ0) is 7.56. The summed E-state index contributed by atoms with van der Waals surface area (Å²) in [6.07, 6.45) is 0.436. The molecular weight excluding hydrogens is 132 g/mol. The fourth-order valence-electron chi connectivity index (χ4n) is 1.02. The third-order valence-electron chi connectivity index (χ3n) is 1.61. The molecule has 1 saturated heterocycles. The van der Waals surface area contributed by atoms with Gasteiger partial charge in [-0.25, -0.2) is 0 Å². The molecule has 2 atom stereocenters. The zero-order valence-corrected chi connectivity index (χ0v) is 5.37. The summed E-state index contributed by atoms with van der Waals surface area (Å²) in [4.78, 5) is 10.3. The number of aliphatic carboxylic acids is 1.